The lowest BCUT2D eigenvalue weighted by molar-refractivity contribution is -0.162. The Morgan fingerprint density at radius 2 is 1.86 bits per heavy atom. The Hall–Kier alpha value is -2.17. The van der Waals surface area contributed by atoms with E-state index in [0.717, 1.165) is 12.0 Å². The van der Waals surface area contributed by atoms with Gasteiger partial charge in [0, 0.05) is 16.7 Å². The van der Waals surface area contributed by atoms with Gasteiger partial charge in [0.2, 0.25) is 0 Å². The molecular weight excluding hydrogens is 266 g/mol. The van der Waals surface area contributed by atoms with E-state index in [2.05, 4.69) is 0 Å². The molecule has 21 heavy (non-hydrogen) atoms. The number of fused-ring (bicyclic) bond motifs is 5. The summed E-state index contributed by atoms with van der Waals surface area (Å²) in [7, 11) is 0. The maximum atomic E-state index is 12.8. The number of Topliss-reactive ketones (excluding diaryl/α,β-unsaturated/α-hetero) is 1. The third-order valence-corrected chi connectivity index (χ3v) is 4.58. The SMILES string of the molecule is CCc1cccc2c1OC1(O)c3ccccc3C(=O)C21N. The van der Waals surface area contributed by atoms with Crippen molar-refractivity contribution in [2.45, 2.75) is 24.7 Å². The number of aryl methyl sites for hydroxylation is 1. The second kappa shape index (κ2) is 3.72. The number of ether oxygens (including phenoxy) is 1. The number of hydrogen-bond acceptors (Lipinski definition) is 4. The van der Waals surface area contributed by atoms with Crippen LogP contribution < -0.4 is 10.5 Å². The molecule has 0 spiro atoms. The summed E-state index contributed by atoms with van der Waals surface area (Å²) < 4.78 is 5.85. The van der Waals surface area contributed by atoms with Gasteiger partial charge >= 0.3 is 0 Å². The van der Waals surface area contributed by atoms with Crippen molar-refractivity contribution in [2.75, 3.05) is 0 Å². The monoisotopic (exact) mass is 281 g/mol. The first-order valence-corrected chi connectivity index (χ1v) is 7.01. The molecule has 0 saturated heterocycles. The minimum Gasteiger partial charge on any atom is -0.455 e. The van der Waals surface area contributed by atoms with E-state index in [-0.39, 0.29) is 5.78 Å². The van der Waals surface area contributed by atoms with E-state index in [0.29, 0.717) is 22.4 Å². The number of para-hydroxylation sites is 1. The van der Waals surface area contributed by atoms with Crippen molar-refractivity contribution < 1.29 is 14.6 Å². The molecule has 0 fully saturated rings. The van der Waals surface area contributed by atoms with E-state index in [4.69, 9.17) is 10.5 Å². The summed E-state index contributed by atoms with van der Waals surface area (Å²) in [6, 6.07) is 12.4. The number of aliphatic hydroxyl groups is 1. The van der Waals surface area contributed by atoms with Gasteiger partial charge in [0.15, 0.2) is 11.3 Å². The highest BCUT2D eigenvalue weighted by Gasteiger charge is 2.69. The molecule has 1 aliphatic carbocycles. The lowest BCUT2D eigenvalue weighted by Gasteiger charge is -2.29. The normalized spacial score (nSPS) is 28.8. The molecule has 2 atom stereocenters. The van der Waals surface area contributed by atoms with Crippen molar-refractivity contribution in [3.05, 3.63) is 64.7 Å². The van der Waals surface area contributed by atoms with E-state index in [1.807, 2.05) is 19.1 Å². The van der Waals surface area contributed by atoms with Crippen molar-refractivity contribution in [2.24, 2.45) is 5.73 Å². The topological polar surface area (TPSA) is 72.5 Å². The third-order valence-electron chi connectivity index (χ3n) is 4.58. The first-order valence-electron chi connectivity index (χ1n) is 7.01. The van der Waals surface area contributed by atoms with E-state index in [9.17, 15) is 9.90 Å². The van der Waals surface area contributed by atoms with Crippen LogP contribution >= 0.6 is 0 Å². The summed E-state index contributed by atoms with van der Waals surface area (Å²) in [5, 5.41) is 11.1. The number of hydrogen-bond donors (Lipinski definition) is 2. The van der Waals surface area contributed by atoms with Gasteiger partial charge in [-0.25, -0.2) is 0 Å². The second-order valence-corrected chi connectivity index (χ2v) is 5.58. The van der Waals surface area contributed by atoms with Gasteiger partial charge in [-0.2, -0.15) is 0 Å². The smallest absolute Gasteiger partial charge is 0.265 e. The minimum absolute atomic E-state index is 0.299. The molecule has 0 bridgehead atoms. The lowest BCUT2D eigenvalue weighted by atomic mass is 9.83. The molecule has 0 aromatic heterocycles. The third kappa shape index (κ3) is 1.21. The van der Waals surface area contributed by atoms with Gasteiger partial charge < -0.3 is 15.6 Å². The van der Waals surface area contributed by atoms with Gasteiger partial charge in [-0.1, -0.05) is 49.4 Å². The van der Waals surface area contributed by atoms with Crippen LogP contribution in [0.2, 0.25) is 0 Å². The van der Waals surface area contributed by atoms with Crippen LogP contribution in [0.4, 0.5) is 0 Å². The Morgan fingerprint density at radius 3 is 2.62 bits per heavy atom. The second-order valence-electron chi connectivity index (χ2n) is 5.58. The van der Waals surface area contributed by atoms with E-state index < -0.39 is 11.3 Å². The Labute approximate surface area is 122 Å². The molecule has 2 aliphatic rings. The largest absolute Gasteiger partial charge is 0.455 e. The molecule has 2 aromatic rings. The summed E-state index contributed by atoms with van der Waals surface area (Å²) in [6.45, 7) is 2.00. The maximum absolute atomic E-state index is 12.8. The molecule has 4 rings (SSSR count). The lowest BCUT2D eigenvalue weighted by Crippen LogP contribution is -2.55. The highest BCUT2D eigenvalue weighted by Crippen LogP contribution is 2.57. The predicted molar refractivity (Wildman–Crippen MR) is 77.0 cm³/mol. The molecule has 3 N–H and O–H groups in total. The fourth-order valence-corrected chi connectivity index (χ4v) is 3.44. The zero-order valence-corrected chi connectivity index (χ0v) is 11.6. The van der Waals surface area contributed by atoms with Crippen molar-refractivity contribution in [1.82, 2.24) is 0 Å². The van der Waals surface area contributed by atoms with Crippen molar-refractivity contribution in [3.8, 4) is 5.75 Å². The molecule has 0 saturated carbocycles. The maximum Gasteiger partial charge on any atom is 0.265 e. The molecule has 106 valence electrons. The Bertz CT molecular complexity index is 785. The van der Waals surface area contributed by atoms with Crippen LogP contribution in [0.1, 0.15) is 34.0 Å². The fraction of sp³-hybridized carbons (Fsp3) is 0.235. The average molecular weight is 281 g/mol. The predicted octanol–water partition coefficient (Wildman–Crippen LogP) is 1.84. The molecule has 2 unspecified atom stereocenters. The van der Waals surface area contributed by atoms with Crippen LogP contribution in [0.5, 0.6) is 5.75 Å². The van der Waals surface area contributed by atoms with E-state index >= 15 is 0 Å². The van der Waals surface area contributed by atoms with Gasteiger partial charge in [0.05, 0.1) is 0 Å². The zero-order chi connectivity index (χ0) is 14.8. The quantitative estimate of drug-likeness (QED) is 0.836. The van der Waals surface area contributed by atoms with Crippen molar-refractivity contribution in [1.29, 1.82) is 0 Å². The summed E-state index contributed by atoms with van der Waals surface area (Å²) in [5.74, 6) is -1.59. The van der Waals surface area contributed by atoms with Crippen LogP contribution in [0, 0.1) is 0 Å². The molecule has 1 heterocycles. The Balaban J connectivity index is 2.05. The number of carbonyl (C=O) groups is 1. The van der Waals surface area contributed by atoms with Crippen LogP contribution in [0.3, 0.4) is 0 Å². The number of ketones is 1. The zero-order valence-electron chi connectivity index (χ0n) is 11.6. The van der Waals surface area contributed by atoms with Crippen LogP contribution in [0.15, 0.2) is 42.5 Å². The number of carbonyl (C=O) groups excluding carboxylic acids is 1. The molecule has 0 amide bonds. The molecule has 0 radical (unpaired) electrons. The molecular formula is C17H15NO3. The van der Waals surface area contributed by atoms with Gasteiger partial charge in [-0.05, 0) is 12.0 Å². The summed E-state index contributed by atoms with van der Waals surface area (Å²) in [6.07, 6.45) is 0.741. The Morgan fingerprint density at radius 1 is 1.14 bits per heavy atom. The van der Waals surface area contributed by atoms with Crippen LogP contribution in [-0.2, 0) is 17.7 Å². The minimum atomic E-state index is -1.83. The first-order chi connectivity index (χ1) is 10.0. The molecule has 1 aliphatic heterocycles. The van der Waals surface area contributed by atoms with E-state index in [1.165, 1.54) is 0 Å². The van der Waals surface area contributed by atoms with Crippen molar-refractivity contribution in [3.63, 3.8) is 0 Å². The van der Waals surface area contributed by atoms with E-state index in [1.54, 1.807) is 30.3 Å². The van der Waals surface area contributed by atoms with Gasteiger partial charge in [0.1, 0.15) is 5.75 Å². The summed E-state index contributed by atoms with van der Waals surface area (Å²) >= 11 is 0. The number of rotatable bonds is 1. The average Bonchev–Trinajstić information content (AvgIpc) is 2.85. The standard InChI is InChI=1S/C17H15NO3/c1-2-10-6-5-9-13-14(10)21-17(20)12-8-4-3-7-11(12)15(19)16(13,17)18/h3-9,20H,2,18H2,1H3. The van der Waals surface area contributed by atoms with Crippen molar-refractivity contribution >= 4 is 5.78 Å². The number of nitrogens with two attached hydrogens (primary N) is 1. The highest BCUT2D eigenvalue weighted by molar-refractivity contribution is 6.10. The first kappa shape index (κ1) is 12.6. The Kier molecular flexibility index (Phi) is 2.23. The fourth-order valence-electron chi connectivity index (χ4n) is 3.44. The summed E-state index contributed by atoms with van der Waals surface area (Å²) in [4.78, 5) is 12.8. The molecule has 2 aromatic carbocycles. The highest BCUT2D eigenvalue weighted by atomic mass is 16.6. The molecule has 4 heteroatoms. The van der Waals surface area contributed by atoms with Crippen LogP contribution in [0.25, 0.3) is 0 Å². The van der Waals surface area contributed by atoms with Gasteiger partial charge in [0.25, 0.3) is 5.79 Å². The number of benzene rings is 2. The van der Waals surface area contributed by atoms with Gasteiger partial charge in [-0.15, -0.1) is 0 Å². The summed E-state index contributed by atoms with van der Waals surface area (Å²) in [5.41, 5.74) is 7.19. The van der Waals surface area contributed by atoms with Gasteiger partial charge in [-0.3, -0.25) is 4.79 Å². The van der Waals surface area contributed by atoms with Crippen LogP contribution in [-0.4, -0.2) is 10.9 Å². The molecule has 4 nitrogen and oxygen atoms in total.